The minimum absolute atomic E-state index is 0.0767. The van der Waals surface area contributed by atoms with Crippen LogP contribution in [0.5, 0.6) is 0 Å². The number of imidazole rings is 1. The van der Waals surface area contributed by atoms with Gasteiger partial charge in [0.25, 0.3) is 0 Å². The number of aryl methyl sites for hydroxylation is 1. The third-order valence-electron chi connectivity index (χ3n) is 2.86. The van der Waals surface area contributed by atoms with Crippen molar-refractivity contribution in [1.29, 1.82) is 0 Å². The fourth-order valence-electron chi connectivity index (χ4n) is 1.78. The monoisotopic (exact) mass is 292 g/mol. The van der Waals surface area contributed by atoms with Gasteiger partial charge in [0, 0.05) is 43.1 Å². The van der Waals surface area contributed by atoms with E-state index in [4.69, 9.17) is 11.6 Å². The standard InChI is InChI=1S/C14H17ClN4O/c1-19-9-8-17-13(19)6-7-16-10-14(20)18-12-4-2-11(15)3-5-12/h2-5,8-9,16H,6-7,10H2,1H3,(H,18,20). The van der Waals surface area contributed by atoms with E-state index >= 15 is 0 Å². The molecule has 1 amide bonds. The number of amides is 1. The van der Waals surface area contributed by atoms with Gasteiger partial charge in [-0.2, -0.15) is 0 Å². The molecule has 106 valence electrons. The Bertz CT molecular complexity index is 565. The Kier molecular flexibility index (Phi) is 5.15. The van der Waals surface area contributed by atoms with Crippen molar-refractivity contribution in [2.45, 2.75) is 6.42 Å². The molecule has 1 aromatic carbocycles. The maximum Gasteiger partial charge on any atom is 0.238 e. The molecule has 2 aromatic rings. The van der Waals surface area contributed by atoms with E-state index in [0.717, 1.165) is 17.9 Å². The molecule has 2 N–H and O–H groups in total. The Hall–Kier alpha value is -1.85. The number of rotatable bonds is 6. The van der Waals surface area contributed by atoms with Crippen molar-refractivity contribution in [3.63, 3.8) is 0 Å². The second kappa shape index (κ2) is 7.07. The second-order valence-corrected chi connectivity index (χ2v) is 4.87. The van der Waals surface area contributed by atoms with E-state index in [1.807, 2.05) is 17.8 Å². The first kappa shape index (κ1) is 14.6. The number of nitrogens with one attached hydrogen (secondary N) is 2. The Morgan fingerprint density at radius 1 is 1.35 bits per heavy atom. The number of anilines is 1. The fourth-order valence-corrected chi connectivity index (χ4v) is 1.90. The number of aromatic nitrogens is 2. The van der Waals surface area contributed by atoms with Crippen molar-refractivity contribution in [3.8, 4) is 0 Å². The van der Waals surface area contributed by atoms with E-state index in [2.05, 4.69) is 15.6 Å². The van der Waals surface area contributed by atoms with Crippen LogP contribution in [0, 0.1) is 0 Å². The SMILES string of the molecule is Cn1ccnc1CCNCC(=O)Nc1ccc(Cl)cc1. The molecule has 0 saturated carbocycles. The van der Waals surface area contributed by atoms with Crippen LogP contribution in [0.3, 0.4) is 0 Å². The first-order chi connectivity index (χ1) is 9.65. The first-order valence-corrected chi connectivity index (χ1v) is 6.75. The van der Waals surface area contributed by atoms with Gasteiger partial charge >= 0.3 is 0 Å². The highest BCUT2D eigenvalue weighted by Crippen LogP contribution is 2.12. The third kappa shape index (κ3) is 4.36. The van der Waals surface area contributed by atoms with Gasteiger partial charge in [0.2, 0.25) is 5.91 Å². The number of benzene rings is 1. The average molecular weight is 293 g/mol. The number of carbonyl (C=O) groups excluding carboxylic acids is 1. The van der Waals surface area contributed by atoms with E-state index in [9.17, 15) is 4.79 Å². The number of carbonyl (C=O) groups is 1. The lowest BCUT2D eigenvalue weighted by atomic mass is 10.3. The van der Waals surface area contributed by atoms with Gasteiger partial charge in [-0.15, -0.1) is 0 Å². The van der Waals surface area contributed by atoms with Crippen molar-refractivity contribution in [2.24, 2.45) is 7.05 Å². The van der Waals surface area contributed by atoms with Gasteiger partial charge in [0.1, 0.15) is 5.82 Å². The normalized spacial score (nSPS) is 10.5. The summed E-state index contributed by atoms with van der Waals surface area (Å²) in [4.78, 5) is 15.9. The predicted octanol–water partition coefficient (Wildman–Crippen LogP) is 1.84. The molecule has 0 atom stereocenters. The molecule has 20 heavy (non-hydrogen) atoms. The summed E-state index contributed by atoms with van der Waals surface area (Å²) in [6, 6.07) is 7.03. The van der Waals surface area contributed by atoms with Crippen molar-refractivity contribution in [1.82, 2.24) is 14.9 Å². The van der Waals surface area contributed by atoms with Crippen LogP contribution in [0.25, 0.3) is 0 Å². The topological polar surface area (TPSA) is 59.0 Å². The molecule has 0 aliphatic carbocycles. The summed E-state index contributed by atoms with van der Waals surface area (Å²) in [5.41, 5.74) is 0.741. The molecule has 0 spiro atoms. The van der Waals surface area contributed by atoms with Gasteiger partial charge in [-0.05, 0) is 24.3 Å². The summed E-state index contributed by atoms with van der Waals surface area (Å²) < 4.78 is 1.97. The summed E-state index contributed by atoms with van der Waals surface area (Å²) in [7, 11) is 1.95. The summed E-state index contributed by atoms with van der Waals surface area (Å²) in [5, 5.41) is 6.53. The molecule has 0 aliphatic rings. The molecule has 5 nitrogen and oxygen atoms in total. The minimum atomic E-state index is -0.0767. The van der Waals surface area contributed by atoms with Crippen molar-refractivity contribution >= 4 is 23.2 Å². The van der Waals surface area contributed by atoms with E-state index < -0.39 is 0 Å². The maximum atomic E-state index is 11.7. The lowest BCUT2D eigenvalue weighted by Gasteiger charge is -2.07. The highest BCUT2D eigenvalue weighted by molar-refractivity contribution is 6.30. The van der Waals surface area contributed by atoms with E-state index in [1.165, 1.54) is 0 Å². The zero-order valence-corrected chi connectivity index (χ0v) is 12.0. The number of halogens is 1. The molecule has 0 fully saturated rings. The van der Waals surface area contributed by atoms with E-state index in [1.54, 1.807) is 30.5 Å². The predicted molar refractivity (Wildman–Crippen MR) is 79.9 cm³/mol. The van der Waals surface area contributed by atoms with Crippen LogP contribution in [0.1, 0.15) is 5.82 Å². The van der Waals surface area contributed by atoms with Crippen molar-refractivity contribution < 1.29 is 4.79 Å². The molecule has 1 heterocycles. The van der Waals surface area contributed by atoms with Gasteiger partial charge in [-0.3, -0.25) is 4.79 Å². The fraction of sp³-hybridized carbons (Fsp3) is 0.286. The molecule has 0 bridgehead atoms. The number of hydrogen-bond donors (Lipinski definition) is 2. The van der Waals surface area contributed by atoms with Crippen molar-refractivity contribution in [2.75, 3.05) is 18.4 Å². The molecule has 0 saturated heterocycles. The van der Waals surface area contributed by atoms with E-state index in [-0.39, 0.29) is 12.5 Å². The van der Waals surface area contributed by atoms with Crippen LogP contribution in [0.15, 0.2) is 36.7 Å². The summed E-state index contributed by atoms with van der Waals surface area (Å²) >= 11 is 5.78. The Labute approximate surface area is 123 Å². The lowest BCUT2D eigenvalue weighted by molar-refractivity contribution is -0.115. The van der Waals surface area contributed by atoms with Gasteiger partial charge in [0.15, 0.2) is 0 Å². The Morgan fingerprint density at radius 2 is 2.10 bits per heavy atom. The molecule has 0 radical (unpaired) electrons. The van der Waals surface area contributed by atoms with Gasteiger partial charge in [-0.1, -0.05) is 11.6 Å². The molecule has 0 unspecified atom stereocenters. The Balaban J connectivity index is 1.68. The summed E-state index contributed by atoms with van der Waals surface area (Å²) in [5.74, 6) is 0.919. The molecule has 1 aromatic heterocycles. The zero-order chi connectivity index (χ0) is 14.4. The molecule has 2 rings (SSSR count). The lowest BCUT2D eigenvalue weighted by Crippen LogP contribution is -2.29. The largest absolute Gasteiger partial charge is 0.338 e. The van der Waals surface area contributed by atoms with Gasteiger partial charge in [0.05, 0.1) is 6.54 Å². The second-order valence-electron chi connectivity index (χ2n) is 4.44. The van der Waals surface area contributed by atoms with Gasteiger partial charge in [-0.25, -0.2) is 4.98 Å². The molecule has 6 heteroatoms. The van der Waals surface area contributed by atoms with Crippen LogP contribution in [-0.2, 0) is 18.3 Å². The first-order valence-electron chi connectivity index (χ1n) is 6.37. The van der Waals surface area contributed by atoms with E-state index in [0.29, 0.717) is 11.6 Å². The number of nitrogens with zero attached hydrogens (tertiary/aromatic N) is 2. The van der Waals surface area contributed by atoms with Crippen LogP contribution < -0.4 is 10.6 Å². The van der Waals surface area contributed by atoms with Gasteiger partial charge < -0.3 is 15.2 Å². The highest BCUT2D eigenvalue weighted by Gasteiger charge is 2.03. The third-order valence-corrected chi connectivity index (χ3v) is 3.11. The Morgan fingerprint density at radius 3 is 2.75 bits per heavy atom. The minimum Gasteiger partial charge on any atom is -0.338 e. The highest BCUT2D eigenvalue weighted by atomic mass is 35.5. The molecule has 0 aliphatic heterocycles. The molecular weight excluding hydrogens is 276 g/mol. The maximum absolute atomic E-state index is 11.7. The van der Waals surface area contributed by atoms with Crippen LogP contribution in [0.2, 0.25) is 5.02 Å². The van der Waals surface area contributed by atoms with Crippen LogP contribution in [0.4, 0.5) is 5.69 Å². The van der Waals surface area contributed by atoms with Crippen LogP contribution >= 0.6 is 11.6 Å². The smallest absolute Gasteiger partial charge is 0.238 e. The summed E-state index contributed by atoms with van der Waals surface area (Å²) in [6.07, 6.45) is 4.46. The molecular formula is C14H17ClN4O. The van der Waals surface area contributed by atoms with Crippen LogP contribution in [-0.4, -0.2) is 28.5 Å². The summed E-state index contributed by atoms with van der Waals surface area (Å²) in [6.45, 7) is 0.978. The average Bonchev–Trinajstić information content (AvgIpc) is 2.83. The number of hydrogen-bond acceptors (Lipinski definition) is 3. The quantitative estimate of drug-likeness (QED) is 0.799. The van der Waals surface area contributed by atoms with Crippen molar-refractivity contribution in [3.05, 3.63) is 47.5 Å². The zero-order valence-electron chi connectivity index (χ0n) is 11.3.